The lowest BCUT2D eigenvalue weighted by Gasteiger charge is -2.36. The number of hydrogen-bond donors (Lipinski definition) is 0. The summed E-state index contributed by atoms with van der Waals surface area (Å²) >= 11 is 0. The summed E-state index contributed by atoms with van der Waals surface area (Å²) in [6, 6.07) is 9.77. The van der Waals surface area contributed by atoms with Crippen molar-refractivity contribution >= 4 is 15.7 Å². The lowest BCUT2D eigenvalue weighted by molar-refractivity contribution is 0.373. The van der Waals surface area contributed by atoms with E-state index in [-0.39, 0.29) is 10.6 Å². The number of benzene rings is 2. The lowest BCUT2D eigenvalue weighted by Crippen LogP contribution is -2.48. The number of halogens is 1. The van der Waals surface area contributed by atoms with E-state index in [1.165, 1.54) is 28.6 Å². The molecule has 0 saturated carbocycles. The second kappa shape index (κ2) is 7.25. The maximum absolute atomic E-state index is 13.4. The van der Waals surface area contributed by atoms with Crippen molar-refractivity contribution in [3.05, 3.63) is 53.3 Å². The molecule has 1 aliphatic heterocycles. The van der Waals surface area contributed by atoms with Crippen molar-refractivity contribution in [2.75, 3.05) is 38.2 Å². The summed E-state index contributed by atoms with van der Waals surface area (Å²) in [5.74, 6) is -0.498. The van der Waals surface area contributed by atoms with Crippen LogP contribution in [0.2, 0.25) is 0 Å². The average molecular weight is 378 g/mol. The third-order valence-corrected chi connectivity index (χ3v) is 6.61. The maximum atomic E-state index is 13.4. The van der Waals surface area contributed by atoms with Crippen LogP contribution >= 0.6 is 0 Å². The van der Waals surface area contributed by atoms with Crippen molar-refractivity contribution in [3.8, 4) is 5.75 Å². The number of methoxy groups -OCH3 is 1. The van der Waals surface area contributed by atoms with Gasteiger partial charge in [-0.25, -0.2) is 12.8 Å². The van der Waals surface area contributed by atoms with Crippen LogP contribution in [0, 0.1) is 19.7 Å². The first-order valence-electron chi connectivity index (χ1n) is 8.49. The van der Waals surface area contributed by atoms with Crippen LogP contribution in [0.3, 0.4) is 0 Å². The molecule has 0 unspecified atom stereocenters. The van der Waals surface area contributed by atoms with Crippen molar-refractivity contribution in [3.63, 3.8) is 0 Å². The number of anilines is 1. The average Bonchev–Trinajstić information content (AvgIpc) is 2.61. The van der Waals surface area contributed by atoms with Gasteiger partial charge in [0, 0.05) is 37.9 Å². The Morgan fingerprint density at radius 1 is 1.00 bits per heavy atom. The molecule has 3 rings (SSSR count). The summed E-state index contributed by atoms with van der Waals surface area (Å²) in [4.78, 5) is 2.20. The largest absolute Gasteiger partial charge is 0.495 e. The summed E-state index contributed by atoms with van der Waals surface area (Å²) < 4.78 is 45.7. The molecule has 0 amide bonds. The van der Waals surface area contributed by atoms with Gasteiger partial charge in [0.1, 0.15) is 16.5 Å². The molecule has 1 heterocycles. The normalized spacial score (nSPS) is 15.9. The fourth-order valence-electron chi connectivity index (χ4n) is 3.32. The summed E-state index contributed by atoms with van der Waals surface area (Å²) in [6.45, 7) is 6.07. The SMILES string of the molecule is COc1cc(F)ccc1S(=O)(=O)N1CCN(c2ccc(C)cc2C)CC1. The highest BCUT2D eigenvalue weighted by molar-refractivity contribution is 7.89. The predicted molar refractivity (Wildman–Crippen MR) is 99.8 cm³/mol. The van der Waals surface area contributed by atoms with Crippen molar-refractivity contribution < 1.29 is 17.5 Å². The number of ether oxygens (including phenoxy) is 1. The van der Waals surface area contributed by atoms with Gasteiger partial charge in [-0.3, -0.25) is 0 Å². The highest BCUT2D eigenvalue weighted by Gasteiger charge is 2.31. The standard InChI is InChI=1S/C19H23FN2O3S/c1-14-4-6-17(15(2)12-14)21-8-10-22(11-9-21)26(23,24)19-7-5-16(20)13-18(19)25-3/h4-7,12-13H,8-11H2,1-3H3. The summed E-state index contributed by atoms with van der Waals surface area (Å²) in [6.07, 6.45) is 0. The highest BCUT2D eigenvalue weighted by Crippen LogP contribution is 2.29. The number of hydrogen-bond acceptors (Lipinski definition) is 4. The van der Waals surface area contributed by atoms with Gasteiger partial charge < -0.3 is 9.64 Å². The van der Waals surface area contributed by atoms with E-state index in [0.717, 1.165) is 17.8 Å². The number of aryl methyl sites for hydroxylation is 2. The van der Waals surface area contributed by atoms with Gasteiger partial charge in [0.25, 0.3) is 0 Å². The highest BCUT2D eigenvalue weighted by atomic mass is 32.2. The molecule has 26 heavy (non-hydrogen) atoms. The molecule has 5 nitrogen and oxygen atoms in total. The van der Waals surface area contributed by atoms with E-state index in [1.54, 1.807) is 0 Å². The summed E-state index contributed by atoms with van der Waals surface area (Å²) in [5.41, 5.74) is 3.52. The van der Waals surface area contributed by atoms with Crippen LogP contribution in [0.1, 0.15) is 11.1 Å². The Morgan fingerprint density at radius 3 is 2.31 bits per heavy atom. The van der Waals surface area contributed by atoms with E-state index in [2.05, 4.69) is 36.9 Å². The quantitative estimate of drug-likeness (QED) is 0.821. The minimum Gasteiger partial charge on any atom is -0.495 e. The Labute approximate surface area is 154 Å². The molecule has 0 bridgehead atoms. The molecule has 1 aliphatic rings. The molecule has 0 aromatic heterocycles. The first kappa shape index (κ1) is 18.7. The molecule has 1 saturated heterocycles. The van der Waals surface area contributed by atoms with Crippen LogP contribution in [0.5, 0.6) is 5.75 Å². The van der Waals surface area contributed by atoms with Gasteiger partial charge in [-0.1, -0.05) is 17.7 Å². The number of sulfonamides is 1. The predicted octanol–water partition coefficient (Wildman–Crippen LogP) is 2.96. The molecule has 0 aliphatic carbocycles. The second-order valence-electron chi connectivity index (χ2n) is 6.48. The van der Waals surface area contributed by atoms with E-state index in [9.17, 15) is 12.8 Å². The summed E-state index contributed by atoms with van der Waals surface area (Å²) in [5, 5.41) is 0. The fraction of sp³-hybridized carbons (Fsp3) is 0.368. The first-order valence-corrected chi connectivity index (χ1v) is 9.93. The smallest absolute Gasteiger partial charge is 0.246 e. The third-order valence-electron chi connectivity index (χ3n) is 4.68. The van der Waals surface area contributed by atoms with E-state index in [1.807, 2.05) is 0 Å². The molecular formula is C19H23FN2O3S. The lowest BCUT2D eigenvalue weighted by atomic mass is 10.1. The van der Waals surface area contributed by atoms with Gasteiger partial charge in [0.05, 0.1) is 7.11 Å². The molecule has 1 fully saturated rings. The van der Waals surface area contributed by atoms with Gasteiger partial charge in [-0.05, 0) is 37.6 Å². The van der Waals surface area contributed by atoms with E-state index in [0.29, 0.717) is 26.2 Å². The van der Waals surface area contributed by atoms with Gasteiger partial charge in [0.15, 0.2) is 0 Å². The van der Waals surface area contributed by atoms with E-state index in [4.69, 9.17) is 4.74 Å². The molecule has 0 atom stereocenters. The first-order chi connectivity index (χ1) is 12.3. The molecule has 2 aromatic rings. The van der Waals surface area contributed by atoms with Crippen LogP contribution < -0.4 is 9.64 Å². The van der Waals surface area contributed by atoms with Crippen LogP contribution in [0.15, 0.2) is 41.3 Å². The van der Waals surface area contributed by atoms with Crippen LogP contribution in [-0.2, 0) is 10.0 Å². The Balaban J connectivity index is 1.79. The molecule has 0 spiro atoms. The number of nitrogens with zero attached hydrogens (tertiary/aromatic N) is 2. The molecule has 0 N–H and O–H groups in total. The van der Waals surface area contributed by atoms with E-state index < -0.39 is 15.8 Å². The molecular weight excluding hydrogens is 355 g/mol. The van der Waals surface area contributed by atoms with E-state index >= 15 is 0 Å². The van der Waals surface area contributed by atoms with Crippen molar-refractivity contribution in [1.82, 2.24) is 4.31 Å². The zero-order chi connectivity index (χ0) is 18.9. The van der Waals surface area contributed by atoms with Gasteiger partial charge in [-0.2, -0.15) is 4.31 Å². The Hall–Kier alpha value is -2.12. The Bertz CT molecular complexity index is 907. The van der Waals surface area contributed by atoms with Crippen LogP contribution in [-0.4, -0.2) is 46.0 Å². The molecule has 7 heteroatoms. The second-order valence-corrected chi connectivity index (χ2v) is 8.38. The molecule has 0 radical (unpaired) electrons. The zero-order valence-electron chi connectivity index (χ0n) is 15.2. The maximum Gasteiger partial charge on any atom is 0.246 e. The Morgan fingerprint density at radius 2 is 1.69 bits per heavy atom. The van der Waals surface area contributed by atoms with Crippen molar-refractivity contribution in [2.45, 2.75) is 18.7 Å². The molecule has 2 aromatic carbocycles. The summed E-state index contributed by atoms with van der Waals surface area (Å²) in [7, 11) is -2.39. The van der Waals surface area contributed by atoms with Crippen molar-refractivity contribution in [2.24, 2.45) is 0 Å². The topological polar surface area (TPSA) is 49.9 Å². The Kier molecular flexibility index (Phi) is 5.20. The monoisotopic (exact) mass is 378 g/mol. The zero-order valence-corrected chi connectivity index (χ0v) is 16.0. The third kappa shape index (κ3) is 3.54. The van der Waals surface area contributed by atoms with Crippen LogP contribution in [0.4, 0.5) is 10.1 Å². The minimum absolute atomic E-state index is 0.00127. The van der Waals surface area contributed by atoms with Gasteiger partial charge >= 0.3 is 0 Å². The molecule has 140 valence electrons. The van der Waals surface area contributed by atoms with Crippen molar-refractivity contribution in [1.29, 1.82) is 0 Å². The van der Waals surface area contributed by atoms with Crippen LogP contribution in [0.25, 0.3) is 0 Å². The van der Waals surface area contributed by atoms with Gasteiger partial charge in [0.2, 0.25) is 10.0 Å². The van der Waals surface area contributed by atoms with Gasteiger partial charge in [-0.15, -0.1) is 0 Å². The number of piperazine rings is 1. The number of rotatable bonds is 4. The fourth-order valence-corrected chi connectivity index (χ4v) is 4.88. The minimum atomic E-state index is -3.73.